The molecule has 0 saturated carbocycles. The summed E-state index contributed by atoms with van der Waals surface area (Å²) in [7, 11) is 0. The van der Waals surface area contributed by atoms with E-state index in [-0.39, 0.29) is 24.5 Å². The quantitative estimate of drug-likeness (QED) is 0.713. The molecular formula is C13H25N5O2. The molecule has 0 aliphatic carbocycles. The third kappa shape index (κ3) is 4.80. The van der Waals surface area contributed by atoms with Gasteiger partial charge in [0.15, 0.2) is 0 Å². The number of rotatable bonds is 9. The molecule has 0 spiro atoms. The number of amides is 1. The lowest BCUT2D eigenvalue weighted by Crippen LogP contribution is -2.35. The molecule has 1 aromatic rings. The Morgan fingerprint density at radius 3 is 2.60 bits per heavy atom. The molecular weight excluding hydrogens is 258 g/mol. The second-order valence-electron chi connectivity index (χ2n) is 4.54. The number of anilines is 1. The van der Waals surface area contributed by atoms with Crippen LogP contribution in [0.2, 0.25) is 0 Å². The highest BCUT2D eigenvalue weighted by atomic mass is 16.4. The van der Waals surface area contributed by atoms with E-state index in [1.807, 2.05) is 20.8 Å². The van der Waals surface area contributed by atoms with E-state index in [0.29, 0.717) is 19.0 Å². The molecule has 7 nitrogen and oxygen atoms in total. The van der Waals surface area contributed by atoms with Gasteiger partial charge in [-0.25, -0.2) is 0 Å². The zero-order valence-corrected chi connectivity index (χ0v) is 12.8. The molecule has 1 unspecified atom stereocenters. The van der Waals surface area contributed by atoms with Crippen LogP contribution in [0.1, 0.15) is 46.0 Å². The fraction of sp³-hybridized carbons (Fsp3) is 0.769. The van der Waals surface area contributed by atoms with E-state index in [4.69, 9.17) is 4.42 Å². The Balaban J connectivity index is 2.46. The standard InChI is InChI=1S/C13H25N5O2/c1-5-8-14-10(4)12-16-17-13(20-12)15-9-11(19)18(6-2)7-3/h10,14H,5-9H2,1-4H3,(H,15,17). The van der Waals surface area contributed by atoms with E-state index < -0.39 is 0 Å². The van der Waals surface area contributed by atoms with Crippen LogP contribution in [0.5, 0.6) is 0 Å². The van der Waals surface area contributed by atoms with Gasteiger partial charge in [-0.15, -0.1) is 5.10 Å². The highest BCUT2D eigenvalue weighted by Gasteiger charge is 2.14. The zero-order valence-electron chi connectivity index (χ0n) is 12.8. The molecule has 2 N–H and O–H groups in total. The summed E-state index contributed by atoms with van der Waals surface area (Å²) in [6, 6.07) is 0.294. The molecule has 1 heterocycles. The zero-order chi connectivity index (χ0) is 15.0. The summed E-state index contributed by atoms with van der Waals surface area (Å²) < 4.78 is 5.47. The third-order valence-corrected chi connectivity index (χ3v) is 3.02. The number of carbonyl (C=O) groups excluding carboxylic acids is 1. The maximum absolute atomic E-state index is 11.8. The predicted molar refractivity (Wildman–Crippen MR) is 77.4 cm³/mol. The lowest BCUT2D eigenvalue weighted by molar-refractivity contribution is -0.128. The molecule has 0 aliphatic heterocycles. The van der Waals surface area contributed by atoms with Gasteiger partial charge in [0.05, 0.1) is 12.6 Å². The van der Waals surface area contributed by atoms with Gasteiger partial charge in [0.25, 0.3) is 0 Å². The van der Waals surface area contributed by atoms with Gasteiger partial charge in [0, 0.05) is 13.1 Å². The number of carbonyl (C=O) groups is 1. The van der Waals surface area contributed by atoms with Crippen LogP contribution in [0.4, 0.5) is 6.01 Å². The van der Waals surface area contributed by atoms with Gasteiger partial charge in [-0.3, -0.25) is 4.79 Å². The van der Waals surface area contributed by atoms with Crippen molar-refractivity contribution in [3.63, 3.8) is 0 Å². The summed E-state index contributed by atoms with van der Waals surface area (Å²) in [5.41, 5.74) is 0. The van der Waals surface area contributed by atoms with E-state index >= 15 is 0 Å². The van der Waals surface area contributed by atoms with Crippen LogP contribution in [0.3, 0.4) is 0 Å². The van der Waals surface area contributed by atoms with Crippen LogP contribution in [0.25, 0.3) is 0 Å². The highest BCUT2D eigenvalue weighted by molar-refractivity contribution is 5.80. The van der Waals surface area contributed by atoms with E-state index in [0.717, 1.165) is 13.0 Å². The van der Waals surface area contributed by atoms with Crippen molar-refractivity contribution in [1.82, 2.24) is 20.4 Å². The Bertz CT molecular complexity index is 403. The summed E-state index contributed by atoms with van der Waals surface area (Å²) in [5, 5.41) is 14.0. The van der Waals surface area contributed by atoms with Gasteiger partial charge >= 0.3 is 6.01 Å². The molecule has 0 bridgehead atoms. The van der Waals surface area contributed by atoms with Gasteiger partial charge in [-0.1, -0.05) is 12.0 Å². The first-order chi connectivity index (χ1) is 9.62. The number of aromatic nitrogens is 2. The molecule has 114 valence electrons. The molecule has 0 aromatic carbocycles. The van der Waals surface area contributed by atoms with Crippen molar-refractivity contribution in [2.75, 3.05) is 31.5 Å². The summed E-state index contributed by atoms with van der Waals surface area (Å²) in [5.74, 6) is 0.545. The van der Waals surface area contributed by atoms with Crippen LogP contribution in [-0.4, -0.2) is 47.2 Å². The molecule has 0 fully saturated rings. The van der Waals surface area contributed by atoms with Gasteiger partial charge in [0.1, 0.15) is 0 Å². The maximum atomic E-state index is 11.8. The first-order valence-electron chi connectivity index (χ1n) is 7.20. The van der Waals surface area contributed by atoms with Crippen molar-refractivity contribution in [1.29, 1.82) is 0 Å². The second-order valence-corrected chi connectivity index (χ2v) is 4.54. The normalized spacial score (nSPS) is 12.2. The molecule has 1 aromatic heterocycles. The van der Waals surface area contributed by atoms with Gasteiger partial charge in [0.2, 0.25) is 11.8 Å². The Morgan fingerprint density at radius 2 is 2.00 bits per heavy atom. The Hall–Kier alpha value is -1.63. The fourth-order valence-electron chi connectivity index (χ4n) is 1.77. The van der Waals surface area contributed by atoms with Crippen LogP contribution < -0.4 is 10.6 Å². The SMILES string of the molecule is CCCNC(C)c1nnc(NCC(=O)N(CC)CC)o1. The number of hydrogen-bond acceptors (Lipinski definition) is 6. The molecule has 0 aliphatic rings. The van der Waals surface area contributed by atoms with Gasteiger partial charge in [-0.05, 0) is 33.7 Å². The number of nitrogens with zero attached hydrogens (tertiary/aromatic N) is 3. The summed E-state index contributed by atoms with van der Waals surface area (Å²) in [4.78, 5) is 13.6. The van der Waals surface area contributed by atoms with Crippen molar-refractivity contribution in [3.8, 4) is 0 Å². The Morgan fingerprint density at radius 1 is 1.30 bits per heavy atom. The van der Waals surface area contributed by atoms with Crippen molar-refractivity contribution >= 4 is 11.9 Å². The summed E-state index contributed by atoms with van der Waals surface area (Å²) in [6.07, 6.45) is 1.04. The average molecular weight is 283 g/mol. The van der Waals surface area contributed by atoms with Gasteiger partial charge in [-0.2, -0.15) is 0 Å². The van der Waals surface area contributed by atoms with Crippen LogP contribution in [-0.2, 0) is 4.79 Å². The highest BCUT2D eigenvalue weighted by Crippen LogP contribution is 2.13. The maximum Gasteiger partial charge on any atom is 0.315 e. The fourth-order valence-corrected chi connectivity index (χ4v) is 1.77. The largest absolute Gasteiger partial charge is 0.406 e. The summed E-state index contributed by atoms with van der Waals surface area (Å²) >= 11 is 0. The number of nitrogens with one attached hydrogen (secondary N) is 2. The first-order valence-corrected chi connectivity index (χ1v) is 7.20. The Kier molecular flexibility index (Phi) is 7.00. The van der Waals surface area contributed by atoms with Crippen LogP contribution in [0.15, 0.2) is 4.42 Å². The smallest absolute Gasteiger partial charge is 0.315 e. The lowest BCUT2D eigenvalue weighted by Gasteiger charge is -2.18. The van der Waals surface area contributed by atoms with E-state index in [1.165, 1.54) is 0 Å². The number of likely N-dealkylation sites (N-methyl/N-ethyl adjacent to an activating group) is 1. The van der Waals surface area contributed by atoms with Crippen molar-refractivity contribution in [2.24, 2.45) is 0 Å². The van der Waals surface area contributed by atoms with Crippen molar-refractivity contribution in [2.45, 2.75) is 40.2 Å². The minimum Gasteiger partial charge on any atom is -0.406 e. The van der Waals surface area contributed by atoms with Gasteiger partial charge < -0.3 is 20.0 Å². The second kappa shape index (κ2) is 8.52. The first kappa shape index (κ1) is 16.4. The molecule has 1 atom stereocenters. The third-order valence-electron chi connectivity index (χ3n) is 3.02. The number of hydrogen-bond donors (Lipinski definition) is 2. The average Bonchev–Trinajstić information content (AvgIpc) is 2.92. The summed E-state index contributed by atoms with van der Waals surface area (Å²) in [6.45, 7) is 10.4. The molecule has 0 saturated heterocycles. The van der Waals surface area contributed by atoms with E-state index in [9.17, 15) is 4.79 Å². The van der Waals surface area contributed by atoms with Crippen LogP contribution in [0, 0.1) is 0 Å². The minimum atomic E-state index is 0.0106. The van der Waals surface area contributed by atoms with Crippen molar-refractivity contribution < 1.29 is 9.21 Å². The lowest BCUT2D eigenvalue weighted by atomic mass is 10.3. The topological polar surface area (TPSA) is 83.3 Å². The van der Waals surface area contributed by atoms with Crippen LogP contribution >= 0.6 is 0 Å². The van der Waals surface area contributed by atoms with E-state index in [1.54, 1.807) is 4.90 Å². The molecule has 1 rings (SSSR count). The monoisotopic (exact) mass is 283 g/mol. The minimum absolute atomic E-state index is 0.0106. The molecule has 20 heavy (non-hydrogen) atoms. The molecule has 7 heteroatoms. The molecule has 0 radical (unpaired) electrons. The van der Waals surface area contributed by atoms with E-state index in [2.05, 4.69) is 27.8 Å². The molecule has 1 amide bonds. The predicted octanol–water partition coefficient (Wildman–Crippen LogP) is 1.41. The Labute approximate surface area is 120 Å². The van der Waals surface area contributed by atoms with Crippen molar-refractivity contribution in [3.05, 3.63) is 5.89 Å².